The van der Waals surface area contributed by atoms with Crippen LogP contribution in [0.3, 0.4) is 0 Å². The molecule has 2 atom stereocenters. The number of nitrogens with zero attached hydrogens (tertiary/aromatic N) is 1. The second kappa shape index (κ2) is 6.44. The zero-order valence-electron chi connectivity index (χ0n) is 12.3. The van der Waals surface area contributed by atoms with Gasteiger partial charge < -0.3 is 14.4 Å². The highest BCUT2D eigenvalue weighted by atomic mass is 35.5. The summed E-state index contributed by atoms with van der Waals surface area (Å²) in [6, 6.07) is 3.53. The standard InChI is InChI=1S/C16H18ClNO3S/c1-10-9-22-15(14(10)17)16(20)18-6-2-4-11(18)8-12(19)13-5-3-7-21-13/h3,5,7,9,11-12,19H,2,4,6,8H2,1H3. The third-order valence-corrected chi connectivity index (χ3v) is 5.78. The van der Waals surface area contributed by atoms with E-state index in [4.69, 9.17) is 16.0 Å². The molecule has 1 fully saturated rings. The van der Waals surface area contributed by atoms with Crippen LogP contribution in [0.4, 0.5) is 0 Å². The van der Waals surface area contributed by atoms with E-state index in [0.29, 0.717) is 28.6 Å². The van der Waals surface area contributed by atoms with Crippen molar-refractivity contribution in [1.29, 1.82) is 0 Å². The van der Waals surface area contributed by atoms with Crippen LogP contribution in [0, 0.1) is 6.92 Å². The molecule has 1 N–H and O–H groups in total. The van der Waals surface area contributed by atoms with Crippen molar-refractivity contribution in [3.63, 3.8) is 0 Å². The quantitative estimate of drug-likeness (QED) is 0.914. The summed E-state index contributed by atoms with van der Waals surface area (Å²) in [5.41, 5.74) is 0.932. The second-order valence-corrected chi connectivity index (χ2v) is 6.88. The molecular weight excluding hydrogens is 322 g/mol. The van der Waals surface area contributed by atoms with E-state index >= 15 is 0 Å². The number of carbonyl (C=O) groups is 1. The van der Waals surface area contributed by atoms with Gasteiger partial charge in [-0.05, 0) is 42.8 Å². The Balaban J connectivity index is 1.73. The fraction of sp³-hybridized carbons (Fsp3) is 0.438. The predicted molar refractivity (Wildman–Crippen MR) is 86.4 cm³/mol. The Hall–Kier alpha value is -1.30. The fourth-order valence-electron chi connectivity index (χ4n) is 2.91. The van der Waals surface area contributed by atoms with E-state index in [9.17, 15) is 9.90 Å². The van der Waals surface area contributed by atoms with Crippen LogP contribution in [-0.2, 0) is 0 Å². The molecule has 118 valence electrons. The van der Waals surface area contributed by atoms with Crippen molar-refractivity contribution >= 4 is 28.8 Å². The molecule has 2 aromatic rings. The van der Waals surface area contributed by atoms with Crippen LogP contribution < -0.4 is 0 Å². The normalized spacial score (nSPS) is 19.6. The highest BCUT2D eigenvalue weighted by Crippen LogP contribution is 2.33. The molecule has 0 aromatic carbocycles. The molecule has 1 aliphatic rings. The van der Waals surface area contributed by atoms with Gasteiger partial charge >= 0.3 is 0 Å². The van der Waals surface area contributed by atoms with Gasteiger partial charge in [-0.15, -0.1) is 11.3 Å². The lowest BCUT2D eigenvalue weighted by atomic mass is 10.1. The van der Waals surface area contributed by atoms with Crippen LogP contribution in [0.25, 0.3) is 0 Å². The molecular formula is C16H18ClNO3S. The molecule has 2 unspecified atom stereocenters. The molecule has 22 heavy (non-hydrogen) atoms. The average molecular weight is 340 g/mol. The molecule has 3 rings (SSSR count). The van der Waals surface area contributed by atoms with Gasteiger partial charge in [-0.3, -0.25) is 4.79 Å². The number of aliphatic hydroxyl groups excluding tert-OH is 1. The number of aryl methyl sites for hydroxylation is 1. The highest BCUT2D eigenvalue weighted by molar-refractivity contribution is 7.13. The summed E-state index contributed by atoms with van der Waals surface area (Å²) in [4.78, 5) is 15.1. The van der Waals surface area contributed by atoms with Gasteiger partial charge in [0.05, 0.1) is 11.3 Å². The highest BCUT2D eigenvalue weighted by Gasteiger charge is 2.33. The van der Waals surface area contributed by atoms with E-state index in [1.807, 2.05) is 17.2 Å². The largest absolute Gasteiger partial charge is 0.467 e. The molecule has 2 aromatic heterocycles. The maximum absolute atomic E-state index is 12.7. The molecule has 0 bridgehead atoms. The van der Waals surface area contributed by atoms with Crippen LogP contribution in [-0.4, -0.2) is 28.5 Å². The molecule has 3 heterocycles. The van der Waals surface area contributed by atoms with Crippen LogP contribution in [0.5, 0.6) is 0 Å². The van der Waals surface area contributed by atoms with Gasteiger partial charge in [0, 0.05) is 19.0 Å². The topological polar surface area (TPSA) is 53.7 Å². The molecule has 0 saturated carbocycles. The Kier molecular flexibility index (Phi) is 4.57. The number of thiophene rings is 1. The molecule has 1 saturated heterocycles. The van der Waals surface area contributed by atoms with E-state index in [2.05, 4.69) is 0 Å². The van der Waals surface area contributed by atoms with Crippen molar-refractivity contribution in [2.24, 2.45) is 0 Å². The number of aliphatic hydroxyl groups is 1. The van der Waals surface area contributed by atoms with Crippen LogP contribution in [0.1, 0.15) is 46.4 Å². The minimum atomic E-state index is -0.686. The SMILES string of the molecule is Cc1csc(C(=O)N2CCCC2CC(O)c2ccco2)c1Cl. The number of furan rings is 1. The summed E-state index contributed by atoms with van der Waals surface area (Å²) in [6.07, 6.45) is 3.19. The van der Waals surface area contributed by atoms with Gasteiger partial charge in [0.15, 0.2) is 0 Å². The minimum Gasteiger partial charge on any atom is -0.467 e. The van der Waals surface area contributed by atoms with Gasteiger partial charge in [0.2, 0.25) is 0 Å². The van der Waals surface area contributed by atoms with Crippen molar-refractivity contribution < 1.29 is 14.3 Å². The van der Waals surface area contributed by atoms with Crippen molar-refractivity contribution in [3.8, 4) is 0 Å². The Labute approximate surface area is 138 Å². The maximum atomic E-state index is 12.7. The number of halogens is 1. The van der Waals surface area contributed by atoms with Gasteiger partial charge in [-0.25, -0.2) is 0 Å². The molecule has 0 radical (unpaired) electrons. The van der Waals surface area contributed by atoms with E-state index in [0.717, 1.165) is 18.4 Å². The van der Waals surface area contributed by atoms with Gasteiger partial charge in [0.1, 0.15) is 16.7 Å². The van der Waals surface area contributed by atoms with Crippen LogP contribution >= 0.6 is 22.9 Å². The fourth-order valence-corrected chi connectivity index (χ4v) is 4.14. The molecule has 0 spiro atoms. The molecule has 1 amide bonds. The third-order valence-electron chi connectivity index (χ3n) is 4.10. The van der Waals surface area contributed by atoms with E-state index < -0.39 is 6.10 Å². The first-order chi connectivity index (χ1) is 10.6. The van der Waals surface area contributed by atoms with Crippen LogP contribution in [0.2, 0.25) is 5.02 Å². The average Bonchev–Trinajstić information content (AvgIpc) is 3.22. The Morgan fingerprint density at radius 2 is 2.45 bits per heavy atom. The summed E-state index contributed by atoms with van der Waals surface area (Å²) in [5.74, 6) is 0.515. The summed E-state index contributed by atoms with van der Waals surface area (Å²) < 4.78 is 5.24. The number of rotatable bonds is 4. The lowest BCUT2D eigenvalue weighted by Crippen LogP contribution is -2.36. The van der Waals surface area contributed by atoms with Crippen molar-refractivity contribution in [2.45, 2.75) is 38.3 Å². The second-order valence-electron chi connectivity index (χ2n) is 5.62. The lowest BCUT2D eigenvalue weighted by molar-refractivity contribution is 0.0646. The Bertz CT molecular complexity index is 652. The molecule has 1 aliphatic heterocycles. The number of amides is 1. The zero-order valence-corrected chi connectivity index (χ0v) is 13.9. The number of hydrogen-bond donors (Lipinski definition) is 1. The summed E-state index contributed by atoms with van der Waals surface area (Å²) in [7, 11) is 0. The summed E-state index contributed by atoms with van der Waals surface area (Å²) >= 11 is 7.60. The van der Waals surface area contributed by atoms with E-state index in [1.54, 1.807) is 18.4 Å². The maximum Gasteiger partial charge on any atom is 0.265 e. The monoisotopic (exact) mass is 339 g/mol. The first kappa shape index (κ1) is 15.6. The Morgan fingerprint density at radius 3 is 3.09 bits per heavy atom. The first-order valence-corrected chi connectivity index (χ1v) is 8.59. The third kappa shape index (κ3) is 2.93. The Morgan fingerprint density at radius 1 is 1.64 bits per heavy atom. The van der Waals surface area contributed by atoms with Crippen molar-refractivity contribution in [3.05, 3.63) is 45.0 Å². The van der Waals surface area contributed by atoms with E-state index in [1.165, 1.54) is 11.3 Å². The summed E-state index contributed by atoms with van der Waals surface area (Å²) in [5, 5.41) is 12.7. The minimum absolute atomic E-state index is 0.0195. The first-order valence-electron chi connectivity index (χ1n) is 7.34. The summed E-state index contributed by atoms with van der Waals surface area (Å²) in [6.45, 7) is 2.61. The molecule has 6 heteroatoms. The van der Waals surface area contributed by atoms with Gasteiger partial charge in [-0.2, -0.15) is 0 Å². The zero-order chi connectivity index (χ0) is 15.7. The molecule has 0 aliphatic carbocycles. The van der Waals surface area contributed by atoms with Crippen molar-refractivity contribution in [1.82, 2.24) is 4.90 Å². The number of hydrogen-bond acceptors (Lipinski definition) is 4. The smallest absolute Gasteiger partial charge is 0.265 e. The van der Waals surface area contributed by atoms with Gasteiger partial charge in [0.25, 0.3) is 5.91 Å². The predicted octanol–water partition coefficient (Wildman–Crippen LogP) is 4.03. The van der Waals surface area contributed by atoms with E-state index in [-0.39, 0.29) is 11.9 Å². The number of carbonyl (C=O) groups excluding carboxylic acids is 1. The van der Waals surface area contributed by atoms with Gasteiger partial charge in [-0.1, -0.05) is 11.6 Å². The van der Waals surface area contributed by atoms with Crippen molar-refractivity contribution in [2.75, 3.05) is 6.54 Å². The number of likely N-dealkylation sites (tertiary alicyclic amines) is 1. The molecule has 4 nitrogen and oxygen atoms in total. The van der Waals surface area contributed by atoms with Crippen LogP contribution in [0.15, 0.2) is 28.2 Å². The lowest BCUT2D eigenvalue weighted by Gasteiger charge is -2.25.